The fourth-order valence-electron chi connectivity index (χ4n) is 15.8. The minimum absolute atomic E-state index is 1.11. The van der Waals surface area contributed by atoms with Gasteiger partial charge in [-0.2, -0.15) is 0 Å². The standard InChI is InChI=1S/C96H59NS2/c1-7-23-60(24-8-1)70-52-80(65-31-15-5-16-32-65)93-87(56-70)89-58-72(62-27-11-3-12-28-62)54-82(95(89)98-93)68-42-47-91-85(50-68)86-51-69(43-48-92(86)97(91)74-44-39-64(40-45-74)67-41-46-79-77-37-20-19-35-75(77)76-36-21-22-38-78(76)84(79)49-67)83-55-73(63-29-13-4-14-30-63)59-90-88-57-71(61-25-9-2-10-26-61)53-81(94(88)99-96(83)90)66-33-17-6-18-34-66/h1-59H. The van der Waals surface area contributed by atoms with E-state index >= 15 is 0 Å². The van der Waals surface area contributed by atoms with Crippen LogP contribution < -0.4 is 0 Å². The van der Waals surface area contributed by atoms with Crippen LogP contribution in [0.2, 0.25) is 0 Å². The molecule has 1 nitrogen and oxygen atoms in total. The molecule has 0 aliphatic carbocycles. The molecular formula is C96H59NS2. The van der Waals surface area contributed by atoms with Gasteiger partial charge in [-0.1, -0.05) is 267 Å². The SMILES string of the molecule is c1ccc(-c2cc(-c3ccccc3)c3sc4c(-c5ccc6c(c5)c5cc(-c7cc(-c8ccccc8)cc8c7sc7c(-c9ccccc9)cc(-c9ccccc9)cc78)ccc5n6-c5ccc(-c6ccc7c8ccccc8c8ccccc8c7c6)cc5)cc(-c5ccccc5)cc4c3c2)cc1. The molecule has 0 saturated carbocycles. The highest BCUT2D eigenvalue weighted by Crippen LogP contribution is 2.52. The van der Waals surface area contributed by atoms with Crippen LogP contribution in [0.1, 0.15) is 0 Å². The third kappa shape index (κ3) is 9.57. The van der Waals surface area contributed by atoms with Crippen LogP contribution in [0.4, 0.5) is 0 Å². The summed E-state index contributed by atoms with van der Waals surface area (Å²) >= 11 is 3.84. The summed E-state index contributed by atoms with van der Waals surface area (Å²) < 4.78 is 7.63. The third-order valence-electron chi connectivity index (χ3n) is 20.5. The first-order chi connectivity index (χ1) is 49.1. The van der Waals surface area contributed by atoms with Crippen molar-refractivity contribution in [2.45, 2.75) is 0 Å². The highest BCUT2D eigenvalue weighted by molar-refractivity contribution is 7.27. The van der Waals surface area contributed by atoms with Gasteiger partial charge in [0.2, 0.25) is 0 Å². The summed E-state index contributed by atoms with van der Waals surface area (Å²) in [6, 6.07) is 134. The van der Waals surface area contributed by atoms with Gasteiger partial charge in [0.15, 0.2) is 0 Å². The largest absolute Gasteiger partial charge is 0.309 e. The van der Waals surface area contributed by atoms with E-state index in [1.54, 1.807) is 0 Å². The maximum atomic E-state index is 2.50. The molecule has 0 atom stereocenters. The monoisotopic (exact) mass is 1290 g/mol. The van der Waals surface area contributed by atoms with Gasteiger partial charge in [-0.3, -0.25) is 0 Å². The van der Waals surface area contributed by atoms with E-state index in [0.29, 0.717) is 0 Å². The summed E-state index contributed by atoms with van der Waals surface area (Å²) in [7, 11) is 0. The van der Waals surface area contributed by atoms with Crippen LogP contribution in [-0.2, 0) is 0 Å². The van der Waals surface area contributed by atoms with Gasteiger partial charge in [0.05, 0.1) is 11.0 Å². The van der Waals surface area contributed by atoms with Crippen LogP contribution in [-0.4, -0.2) is 4.57 Å². The molecular weight excluding hydrogens is 1230 g/mol. The Hall–Kier alpha value is -12.2. The van der Waals surface area contributed by atoms with Gasteiger partial charge in [-0.15, -0.1) is 22.7 Å². The van der Waals surface area contributed by atoms with Crippen molar-refractivity contribution >= 4 is 117 Å². The number of benzene rings is 17. The van der Waals surface area contributed by atoms with Crippen LogP contribution >= 0.6 is 22.7 Å². The van der Waals surface area contributed by atoms with Crippen molar-refractivity contribution in [1.82, 2.24) is 4.57 Å². The van der Waals surface area contributed by atoms with Crippen molar-refractivity contribution in [2.24, 2.45) is 0 Å². The van der Waals surface area contributed by atoms with E-state index in [1.165, 1.54) is 184 Å². The molecule has 99 heavy (non-hydrogen) atoms. The second kappa shape index (κ2) is 23.3. The molecule has 3 heteroatoms. The average molecular weight is 1290 g/mol. The Morgan fingerprint density at radius 2 is 0.404 bits per heavy atom. The molecule has 0 aliphatic rings. The van der Waals surface area contributed by atoms with E-state index in [2.05, 4.69) is 362 Å². The molecule has 0 bridgehead atoms. The molecule has 3 aromatic heterocycles. The molecule has 17 aromatic carbocycles. The summed E-state index contributed by atoms with van der Waals surface area (Å²) in [5.41, 5.74) is 25.1. The van der Waals surface area contributed by atoms with Crippen molar-refractivity contribution in [3.8, 4) is 106 Å². The zero-order chi connectivity index (χ0) is 65.1. The van der Waals surface area contributed by atoms with Crippen molar-refractivity contribution in [1.29, 1.82) is 0 Å². The van der Waals surface area contributed by atoms with Crippen molar-refractivity contribution < 1.29 is 0 Å². The fourth-order valence-corrected chi connectivity index (χ4v) is 18.4. The maximum Gasteiger partial charge on any atom is 0.0541 e. The number of nitrogens with zero attached hydrogens (tertiary/aromatic N) is 1. The molecule has 0 radical (unpaired) electrons. The molecule has 0 N–H and O–H groups in total. The van der Waals surface area contributed by atoms with Crippen LogP contribution in [0.5, 0.6) is 0 Å². The van der Waals surface area contributed by atoms with Crippen molar-refractivity contribution in [2.75, 3.05) is 0 Å². The van der Waals surface area contributed by atoms with Gasteiger partial charge < -0.3 is 4.57 Å². The smallest absolute Gasteiger partial charge is 0.0541 e. The van der Waals surface area contributed by atoms with E-state index in [4.69, 9.17) is 0 Å². The molecule has 20 rings (SSSR count). The Labute approximate surface area is 581 Å². The summed E-state index contributed by atoms with van der Waals surface area (Å²) in [4.78, 5) is 0. The summed E-state index contributed by atoms with van der Waals surface area (Å²) in [6.07, 6.45) is 0. The zero-order valence-corrected chi connectivity index (χ0v) is 55.5. The topological polar surface area (TPSA) is 4.93 Å². The molecule has 3 heterocycles. The predicted octanol–water partition coefficient (Wildman–Crippen LogP) is 28.0. The highest BCUT2D eigenvalue weighted by atomic mass is 32.1. The minimum Gasteiger partial charge on any atom is -0.309 e. The summed E-state index contributed by atoms with van der Waals surface area (Å²) in [5.74, 6) is 0. The number of fused-ring (bicyclic) bond motifs is 15. The van der Waals surface area contributed by atoms with Crippen LogP contribution in [0.3, 0.4) is 0 Å². The minimum atomic E-state index is 1.11. The molecule has 0 saturated heterocycles. The van der Waals surface area contributed by atoms with E-state index in [0.717, 1.165) is 16.7 Å². The average Bonchev–Trinajstić information content (AvgIpc) is 1.62. The Morgan fingerprint density at radius 1 is 0.152 bits per heavy atom. The van der Waals surface area contributed by atoms with E-state index in [1.807, 2.05) is 22.7 Å². The van der Waals surface area contributed by atoms with E-state index < -0.39 is 0 Å². The first-order valence-electron chi connectivity index (χ1n) is 34.0. The highest BCUT2D eigenvalue weighted by Gasteiger charge is 2.24. The Morgan fingerprint density at radius 3 is 0.758 bits per heavy atom. The molecule has 0 unspecified atom stereocenters. The quantitative estimate of drug-likeness (QED) is 0.120. The first-order valence-corrected chi connectivity index (χ1v) is 35.6. The lowest BCUT2D eigenvalue weighted by molar-refractivity contribution is 1.18. The van der Waals surface area contributed by atoms with Gasteiger partial charge in [0.25, 0.3) is 0 Å². The lowest BCUT2D eigenvalue weighted by Crippen LogP contribution is -1.94. The zero-order valence-electron chi connectivity index (χ0n) is 53.8. The molecule has 0 aliphatic heterocycles. The van der Waals surface area contributed by atoms with E-state index in [9.17, 15) is 0 Å². The van der Waals surface area contributed by atoms with Gasteiger partial charge in [-0.25, -0.2) is 0 Å². The molecule has 0 amide bonds. The van der Waals surface area contributed by atoms with Gasteiger partial charge in [0, 0.05) is 79.1 Å². The lowest BCUT2D eigenvalue weighted by Gasteiger charge is -2.13. The Kier molecular flexibility index (Phi) is 13.4. The van der Waals surface area contributed by atoms with Crippen LogP contribution in [0.15, 0.2) is 358 Å². The number of hydrogen-bond acceptors (Lipinski definition) is 2. The fraction of sp³-hybridized carbons (Fsp3) is 0. The number of rotatable bonds is 10. The molecule has 0 fully saturated rings. The molecule has 0 spiro atoms. The normalized spacial score (nSPS) is 11.8. The molecule has 460 valence electrons. The number of thiophene rings is 2. The second-order valence-electron chi connectivity index (χ2n) is 26.2. The van der Waals surface area contributed by atoms with Crippen molar-refractivity contribution in [3.63, 3.8) is 0 Å². The third-order valence-corrected chi connectivity index (χ3v) is 23.1. The molecule has 20 aromatic rings. The predicted molar refractivity (Wildman–Crippen MR) is 428 cm³/mol. The van der Waals surface area contributed by atoms with Gasteiger partial charge >= 0.3 is 0 Å². The Balaban J connectivity index is 0.828. The second-order valence-corrected chi connectivity index (χ2v) is 28.2. The van der Waals surface area contributed by atoms with Crippen molar-refractivity contribution in [3.05, 3.63) is 358 Å². The summed E-state index contributed by atoms with van der Waals surface area (Å²) in [6.45, 7) is 0. The summed E-state index contributed by atoms with van der Waals surface area (Å²) in [5, 5.41) is 15.1. The number of aromatic nitrogens is 1. The lowest BCUT2D eigenvalue weighted by atomic mass is 9.92. The van der Waals surface area contributed by atoms with Crippen LogP contribution in [0, 0.1) is 0 Å². The van der Waals surface area contributed by atoms with Gasteiger partial charge in [-0.05, 0) is 201 Å². The van der Waals surface area contributed by atoms with Gasteiger partial charge in [0.1, 0.15) is 0 Å². The van der Waals surface area contributed by atoms with Crippen LogP contribution in [0.25, 0.3) is 200 Å². The Bertz CT molecular complexity index is 6250. The number of hydrogen-bond donors (Lipinski definition) is 0. The maximum absolute atomic E-state index is 2.50. The first kappa shape index (κ1) is 57.0. The van der Waals surface area contributed by atoms with E-state index in [-0.39, 0.29) is 0 Å².